The molecule has 1 aliphatic rings. The lowest BCUT2D eigenvalue weighted by molar-refractivity contribution is -0.384. The van der Waals surface area contributed by atoms with Crippen molar-refractivity contribution in [1.29, 1.82) is 0 Å². The third-order valence-corrected chi connectivity index (χ3v) is 2.69. The molecule has 7 nitrogen and oxygen atoms in total. The van der Waals surface area contributed by atoms with Crippen LogP contribution in [0.5, 0.6) is 0 Å². The second kappa shape index (κ2) is 4.80. The Kier molecular flexibility index (Phi) is 3.39. The van der Waals surface area contributed by atoms with Gasteiger partial charge in [0.15, 0.2) is 0 Å². The Morgan fingerprint density at radius 1 is 1.41 bits per heavy atom. The third kappa shape index (κ3) is 2.45. The molecule has 0 aliphatic carbocycles. The molecule has 8 heteroatoms. The number of nitro groups is 1. The Morgan fingerprint density at radius 3 is 2.65 bits per heavy atom. The molecule has 92 valence electrons. The topological polar surface area (TPSA) is 81.4 Å². The first-order valence-corrected chi connectivity index (χ1v) is 5.48. The van der Waals surface area contributed by atoms with Crippen LogP contribution in [0.3, 0.4) is 0 Å². The average Bonchev–Trinajstić information content (AvgIpc) is 2.28. The van der Waals surface area contributed by atoms with Gasteiger partial charge in [0.2, 0.25) is 11.0 Å². The van der Waals surface area contributed by atoms with E-state index < -0.39 is 4.92 Å². The number of halogens is 1. The molecule has 0 amide bonds. The Labute approximate surface area is 103 Å². The van der Waals surface area contributed by atoms with Crippen LogP contribution in [0.2, 0.25) is 5.15 Å². The van der Waals surface area contributed by atoms with Gasteiger partial charge in [0.1, 0.15) is 5.82 Å². The fraction of sp³-hybridized carbons (Fsp3) is 0.556. The molecule has 0 aromatic carbocycles. The van der Waals surface area contributed by atoms with E-state index in [-0.39, 0.29) is 16.7 Å². The molecule has 0 radical (unpaired) electrons. The number of morpholine rings is 1. The number of aryl methyl sites for hydroxylation is 1. The van der Waals surface area contributed by atoms with Gasteiger partial charge in [-0.05, 0) is 6.92 Å². The number of aromatic nitrogens is 2. The van der Waals surface area contributed by atoms with Crippen molar-refractivity contribution in [2.75, 3.05) is 31.2 Å². The average molecular weight is 259 g/mol. The number of ether oxygens (including phenoxy) is 1. The van der Waals surface area contributed by atoms with Crippen molar-refractivity contribution in [3.8, 4) is 0 Å². The summed E-state index contributed by atoms with van der Waals surface area (Å²) in [6.45, 7) is 3.83. The fourth-order valence-electron chi connectivity index (χ4n) is 1.67. The van der Waals surface area contributed by atoms with E-state index in [9.17, 15) is 10.1 Å². The van der Waals surface area contributed by atoms with Gasteiger partial charge in [0.25, 0.3) is 0 Å². The summed E-state index contributed by atoms with van der Waals surface area (Å²) in [5.41, 5.74) is -0.237. The molecule has 1 fully saturated rings. The quantitative estimate of drug-likeness (QED) is 0.450. The van der Waals surface area contributed by atoms with Crippen LogP contribution in [0.25, 0.3) is 0 Å². The summed E-state index contributed by atoms with van der Waals surface area (Å²) >= 11 is 5.80. The van der Waals surface area contributed by atoms with Gasteiger partial charge in [0, 0.05) is 13.1 Å². The van der Waals surface area contributed by atoms with Crippen molar-refractivity contribution in [2.45, 2.75) is 6.92 Å². The molecule has 0 N–H and O–H groups in total. The molecule has 17 heavy (non-hydrogen) atoms. The Bertz CT molecular complexity index is 448. The minimum atomic E-state index is -0.549. The monoisotopic (exact) mass is 258 g/mol. The molecule has 0 atom stereocenters. The van der Waals surface area contributed by atoms with E-state index in [2.05, 4.69) is 9.97 Å². The highest BCUT2D eigenvalue weighted by atomic mass is 35.5. The Hall–Kier alpha value is -1.47. The smallest absolute Gasteiger partial charge is 0.348 e. The SMILES string of the molecule is Cc1nc(Cl)c([N+](=O)[O-])c(N2CCOCC2)n1. The largest absolute Gasteiger partial charge is 0.378 e. The molecule has 2 heterocycles. The molecule has 1 saturated heterocycles. The second-order valence-electron chi connectivity index (χ2n) is 3.59. The van der Waals surface area contributed by atoms with Crippen LogP contribution < -0.4 is 4.90 Å². The van der Waals surface area contributed by atoms with E-state index in [4.69, 9.17) is 16.3 Å². The van der Waals surface area contributed by atoms with E-state index in [1.54, 1.807) is 11.8 Å². The van der Waals surface area contributed by atoms with Gasteiger partial charge in [-0.25, -0.2) is 9.97 Å². The number of rotatable bonds is 2. The predicted molar refractivity (Wildman–Crippen MR) is 61.5 cm³/mol. The van der Waals surface area contributed by atoms with Crippen LogP contribution in [-0.4, -0.2) is 41.2 Å². The maximum absolute atomic E-state index is 11.0. The summed E-state index contributed by atoms with van der Waals surface area (Å²) in [6, 6.07) is 0. The van der Waals surface area contributed by atoms with Crippen molar-refractivity contribution in [2.24, 2.45) is 0 Å². The summed E-state index contributed by atoms with van der Waals surface area (Å²) in [4.78, 5) is 20.1. The van der Waals surface area contributed by atoms with Gasteiger partial charge in [-0.2, -0.15) is 0 Å². The van der Waals surface area contributed by atoms with E-state index in [1.165, 1.54) is 0 Å². The van der Waals surface area contributed by atoms with E-state index in [1.807, 2.05) is 0 Å². The molecule has 0 bridgehead atoms. The zero-order valence-corrected chi connectivity index (χ0v) is 9.98. The van der Waals surface area contributed by atoms with Crippen molar-refractivity contribution in [3.63, 3.8) is 0 Å². The summed E-state index contributed by atoms with van der Waals surface area (Å²) in [5.74, 6) is 0.692. The highest BCUT2D eigenvalue weighted by Crippen LogP contribution is 2.32. The van der Waals surface area contributed by atoms with Crippen molar-refractivity contribution in [3.05, 3.63) is 21.1 Å². The molecular weight excluding hydrogens is 248 g/mol. The summed E-state index contributed by atoms with van der Waals surface area (Å²) in [5, 5.41) is 10.9. The Balaban J connectivity index is 2.46. The van der Waals surface area contributed by atoms with E-state index in [0.717, 1.165) is 0 Å². The maximum atomic E-state index is 11.0. The van der Waals surface area contributed by atoms with Crippen LogP contribution in [0.1, 0.15) is 5.82 Å². The fourth-order valence-corrected chi connectivity index (χ4v) is 1.95. The highest BCUT2D eigenvalue weighted by molar-refractivity contribution is 6.31. The standard InChI is InChI=1S/C9H11ClN4O3/c1-6-11-8(10)7(14(15)16)9(12-6)13-2-4-17-5-3-13/h2-5H2,1H3. The first-order chi connectivity index (χ1) is 8.09. The lowest BCUT2D eigenvalue weighted by Crippen LogP contribution is -2.37. The normalized spacial score (nSPS) is 16.0. The maximum Gasteiger partial charge on any atom is 0.348 e. The van der Waals surface area contributed by atoms with Crippen molar-refractivity contribution < 1.29 is 9.66 Å². The lowest BCUT2D eigenvalue weighted by atomic mass is 10.3. The molecule has 2 rings (SSSR count). The lowest BCUT2D eigenvalue weighted by Gasteiger charge is -2.27. The summed E-state index contributed by atoms with van der Waals surface area (Å²) in [7, 11) is 0. The van der Waals surface area contributed by atoms with Gasteiger partial charge < -0.3 is 9.64 Å². The van der Waals surface area contributed by atoms with Gasteiger partial charge in [0.05, 0.1) is 18.1 Å². The van der Waals surface area contributed by atoms with Gasteiger partial charge in [-0.15, -0.1) is 0 Å². The van der Waals surface area contributed by atoms with Crippen LogP contribution in [0.4, 0.5) is 11.5 Å². The zero-order valence-electron chi connectivity index (χ0n) is 9.22. The van der Waals surface area contributed by atoms with E-state index >= 15 is 0 Å². The molecule has 1 aromatic rings. The second-order valence-corrected chi connectivity index (χ2v) is 3.95. The van der Waals surface area contributed by atoms with E-state index in [0.29, 0.717) is 32.1 Å². The number of hydrogen-bond acceptors (Lipinski definition) is 6. The molecule has 0 unspecified atom stereocenters. The van der Waals surface area contributed by atoms with Crippen molar-refractivity contribution in [1.82, 2.24) is 9.97 Å². The number of anilines is 1. The van der Waals surface area contributed by atoms with Crippen LogP contribution >= 0.6 is 11.6 Å². The summed E-state index contributed by atoms with van der Waals surface area (Å²) < 4.78 is 5.19. The predicted octanol–water partition coefficient (Wildman–Crippen LogP) is 1.18. The van der Waals surface area contributed by atoms with Gasteiger partial charge in [-0.3, -0.25) is 10.1 Å². The zero-order chi connectivity index (χ0) is 12.4. The molecule has 0 spiro atoms. The number of nitrogens with zero attached hydrogens (tertiary/aromatic N) is 4. The van der Waals surface area contributed by atoms with Gasteiger partial charge in [-0.1, -0.05) is 11.6 Å². The molecular formula is C9H11ClN4O3. The minimum Gasteiger partial charge on any atom is -0.378 e. The van der Waals surface area contributed by atoms with Crippen LogP contribution in [0, 0.1) is 17.0 Å². The number of hydrogen-bond donors (Lipinski definition) is 0. The Morgan fingerprint density at radius 2 is 2.06 bits per heavy atom. The van der Waals surface area contributed by atoms with Crippen molar-refractivity contribution >= 4 is 23.1 Å². The molecule has 1 aliphatic heterocycles. The van der Waals surface area contributed by atoms with Crippen LogP contribution in [0.15, 0.2) is 0 Å². The molecule has 1 aromatic heterocycles. The first kappa shape index (κ1) is 12.0. The molecule has 0 saturated carbocycles. The summed E-state index contributed by atoms with van der Waals surface area (Å²) in [6.07, 6.45) is 0. The highest BCUT2D eigenvalue weighted by Gasteiger charge is 2.27. The minimum absolute atomic E-state index is 0.121. The first-order valence-electron chi connectivity index (χ1n) is 5.11. The van der Waals surface area contributed by atoms with Gasteiger partial charge >= 0.3 is 5.69 Å². The third-order valence-electron chi connectivity index (χ3n) is 2.43. The van der Waals surface area contributed by atoms with Crippen LogP contribution in [-0.2, 0) is 4.74 Å².